The SMILES string of the molecule is C/C(=N/NC(N)=O)c1cccnc1.Cl.O. The molecule has 0 radical (unpaired) electrons. The van der Waals surface area contributed by atoms with E-state index in [1.54, 1.807) is 25.4 Å². The fourth-order valence-electron chi connectivity index (χ4n) is 0.780. The summed E-state index contributed by atoms with van der Waals surface area (Å²) in [5.41, 5.74) is 8.49. The Kier molecular flexibility index (Phi) is 8.13. The molecule has 0 bridgehead atoms. The van der Waals surface area contributed by atoms with Crippen molar-refractivity contribution in [3.63, 3.8) is 0 Å². The van der Waals surface area contributed by atoms with Crippen LogP contribution in [0.4, 0.5) is 4.79 Å². The molecule has 0 unspecified atom stereocenters. The van der Waals surface area contributed by atoms with Crippen molar-refractivity contribution in [2.45, 2.75) is 6.92 Å². The van der Waals surface area contributed by atoms with Gasteiger partial charge >= 0.3 is 6.03 Å². The topological polar surface area (TPSA) is 112 Å². The second-order valence-electron chi connectivity index (χ2n) is 2.41. The molecule has 0 aliphatic carbocycles. The highest BCUT2D eigenvalue weighted by Gasteiger charge is 1.96. The van der Waals surface area contributed by atoms with Gasteiger partial charge in [0.1, 0.15) is 0 Å². The fraction of sp³-hybridized carbons (Fsp3) is 0.125. The third-order valence-corrected chi connectivity index (χ3v) is 1.41. The van der Waals surface area contributed by atoms with Gasteiger partial charge in [0.05, 0.1) is 5.71 Å². The minimum Gasteiger partial charge on any atom is -0.412 e. The molecule has 1 aromatic heterocycles. The molecule has 1 rings (SSSR count). The van der Waals surface area contributed by atoms with E-state index in [9.17, 15) is 4.79 Å². The lowest BCUT2D eigenvalue weighted by atomic mass is 10.2. The van der Waals surface area contributed by atoms with E-state index in [1.165, 1.54) is 0 Å². The van der Waals surface area contributed by atoms with Crippen LogP contribution in [0.1, 0.15) is 12.5 Å². The van der Waals surface area contributed by atoms with E-state index in [1.807, 2.05) is 6.07 Å². The number of carbonyl (C=O) groups is 1. The van der Waals surface area contributed by atoms with Crippen LogP contribution in [-0.2, 0) is 0 Å². The van der Waals surface area contributed by atoms with Crippen LogP contribution in [0.5, 0.6) is 0 Å². The average molecular weight is 233 g/mol. The van der Waals surface area contributed by atoms with Crippen molar-refractivity contribution in [2.24, 2.45) is 10.8 Å². The van der Waals surface area contributed by atoms with Gasteiger partial charge in [-0.25, -0.2) is 10.2 Å². The maximum atomic E-state index is 10.3. The van der Waals surface area contributed by atoms with E-state index < -0.39 is 6.03 Å². The van der Waals surface area contributed by atoms with E-state index in [2.05, 4.69) is 15.5 Å². The van der Waals surface area contributed by atoms with E-state index in [-0.39, 0.29) is 17.9 Å². The number of amides is 2. The van der Waals surface area contributed by atoms with Crippen LogP contribution in [0, 0.1) is 0 Å². The summed E-state index contributed by atoms with van der Waals surface area (Å²) in [5.74, 6) is 0. The number of primary amides is 1. The minimum atomic E-state index is -0.678. The summed E-state index contributed by atoms with van der Waals surface area (Å²) in [6.07, 6.45) is 3.32. The highest BCUT2D eigenvalue weighted by molar-refractivity contribution is 5.98. The summed E-state index contributed by atoms with van der Waals surface area (Å²) < 4.78 is 0. The molecular formula is C8H13ClN4O2. The van der Waals surface area contributed by atoms with Gasteiger partial charge in [0.2, 0.25) is 0 Å². The number of hydrogen-bond donors (Lipinski definition) is 2. The number of hydrazone groups is 1. The lowest BCUT2D eigenvalue weighted by Gasteiger charge is -1.98. The Bertz CT molecular complexity index is 329. The number of pyridine rings is 1. The molecule has 0 atom stereocenters. The zero-order chi connectivity index (χ0) is 9.68. The Balaban J connectivity index is 0. The molecule has 7 heteroatoms. The number of carbonyl (C=O) groups excluding carboxylic acids is 1. The third-order valence-electron chi connectivity index (χ3n) is 1.41. The summed E-state index contributed by atoms with van der Waals surface area (Å²) in [6, 6.07) is 2.95. The first-order chi connectivity index (χ1) is 6.20. The molecule has 0 aromatic carbocycles. The predicted molar refractivity (Wildman–Crippen MR) is 60.0 cm³/mol. The van der Waals surface area contributed by atoms with Crippen molar-refractivity contribution >= 4 is 24.1 Å². The van der Waals surface area contributed by atoms with Gasteiger partial charge in [0.25, 0.3) is 0 Å². The quantitative estimate of drug-likeness (QED) is 0.555. The van der Waals surface area contributed by atoms with Crippen molar-refractivity contribution in [1.29, 1.82) is 0 Å². The van der Waals surface area contributed by atoms with Gasteiger partial charge in [-0.05, 0) is 13.0 Å². The molecule has 0 aliphatic heterocycles. The third kappa shape index (κ3) is 5.61. The fourth-order valence-corrected chi connectivity index (χ4v) is 0.780. The highest BCUT2D eigenvalue weighted by atomic mass is 35.5. The molecule has 0 saturated carbocycles. The number of nitrogens with zero attached hydrogens (tertiary/aromatic N) is 2. The molecular weight excluding hydrogens is 220 g/mol. The van der Waals surface area contributed by atoms with Crippen LogP contribution in [0.3, 0.4) is 0 Å². The second-order valence-corrected chi connectivity index (χ2v) is 2.41. The van der Waals surface area contributed by atoms with E-state index in [0.29, 0.717) is 5.71 Å². The van der Waals surface area contributed by atoms with Gasteiger partial charge in [-0.15, -0.1) is 12.4 Å². The van der Waals surface area contributed by atoms with Crippen molar-refractivity contribution in [3.8, 4) is 0 Å². The molecule has 5 N–H and O–H groups in total. The van der Waals surface area contributed by atoms with Crippen molar-refractivity contribution < 1.29 is 10.3 Å². The van der Waals surface area contributed by atoms with Gasteiger partial charge in [-0.3, -0.25) is 4.98 Å². The van der Waals surface area contributed by atoms with Crippen LogP contribution < -0.4 is 11.2 Å². The number of rotatable bonds is 2. The van der Waals surface area contributed by atoms with Crippen molar-refractivity contribution in [2.75, 3.05) is 0 Å². The van der Waals surface area contributed by atoms with Crippen LogP contribution in [0.15, 0.2) is 29.6 Å². The Hall–Kier alpha value is -1.66. The molecule has 1 aromatic rings. The predicted octanol–water partition coefficient (Wildman–Crippen LogP) is 0.0710. The summed E-state index contributed by atoms with van der Waals surface area (Å²) >= 11 is 0. The first-order valence-electron chi connectivity index (χ1n) is 3.70. The smallest absolute Gasteiger partial charge is 0.332 e. The standard InChI is InChI=1S/C8H10N4O.ClH.H2O/c1-6(11-12-8(9)13)7-3-2-4-10-5-7;;/h2-5H,1H3,(H3,9,12,13);1H;1H2/b11-6-;;. The number of nitrogens with one attached hydrogen (secondary N) is 1. The number of urea groups is 1. The van der Waals surface area contributed by atoms with Gasteiger partial charge in [-0.1, -0.05) is 6.07 Å². The van der Waals surface area contributed by atoms with E-state index in [0.717, 1.165) is 5.56 Å². The largest absolute Gasteiger partial charge is 0.412 e. The van der Waals surface area contributed by atoms with Gasteiger partial charge in [-0.2, -0.15) is 5.10 Å². The highest BCUT2D eigenvalue weighted by Crippen LogP contribution is 1.96. The summed E-state index contributed by atoms with van der Waals surface area (Å²) in [6.45, 7) is 1.76. The molecule has 15 heavy (non-hydrogen) atoms. The number of halogens is 1. The first-order valence-corrected chi connectivity index (χ1v) is 3.70. The average Bonchev–Trinajstić information content (AvgIpc) is 2.15. The zero-order valence-electron chi connectivity index (χ0n) is 8.10. The Morgan fingerprint density at radius 1 is 1.60 bits per heavy atom. The Labute approximate surface area is 93.3 Å². The summed E-state index contributed by atoms with van der Waals surface area (Å²) in [4.78, 5) is 14.2. The number of nitrogens with two attached hydrogens (primary N) is 1. The molecule has 1 heterocycles. The minimum absolute atomic E-state index is 0. The van der Waals surface area contributed by atoms with Crippen molar-refractivity contribution in [3.05, 3.63) is 30.1 Å². The van der Waals surface area contributed by atoms with E-state index in [4.69, 9.17) is 5.73 Å². The molecule has 6 nitrogen and oxygen atoms in total. The lowest BCUT2D eigenvalue weighted by Crippen LogP contribution is -2.25. The van der Waals surface area contributed by atoms with Gasteiger partial charge < -0.3 is 11.2 Å². The maximum Gasteiger partial charge on any atom is 0.332 e. The van der Waals surface area contributed by atoms with E-state index >= 15 is 0 Å². The molecule has 0 aliphatic rings. The van der Waals surface area contributed by atoms with Crippen LogP contribution >= 0.6 is 12.4 Å². The Morgan fingerprint density at radius 2 is 2.27 bits per heavy atom. The summed E-state index contributed by atoms with van der Waals surface area (Å²) in [5, 5.41) is 3.75. The number of hydrogen-bond acceptors (Lipinski definition) is 3. The lowest BCUT2D eigenvalue weighted by molar-refractivity contribution is 0.249. The Morgan fingerprint density at radius 3 is 2.73 bits per heavy atom. The molecule has 0 saturated heterocycles. The van der Waals surface area contributed by atoms with Crippen LogP contribution in [-0.4, -0.2) is 22.2 Å². The molecule has 0 spiro atoms. The van der Waals surface area contributed by atoms with Crippen LogP contribution in [0.2, 0.25) is 0 Å². The molecule has 0 fully saturated rings. The monoisotopic (exact) mass is 232 g/mol. The van der Waals surface area contributed by atoms with Crippen LogP contribution in [0.25, 0.3) is 0 Å². The normalized spacial score (nSPS) is 9.53. The maximum absolute atomic E-state index is 10.3. The summed E-state index contributed by atoms with van der Waals surface area (Å²) in [7, 11) is 0. The molecule has 84 valence electrons. The number of aromatic nitrogens is 1. The molecule has 2 amide bonds. The van der Waals surface area contributed by atoms with Gasteiger partial charge in [0, 0.05) is 18.0 Å². The second kappa shape index (κ2) is 7.72. The van der Waals surface area contributed by atoms with Gasteiger partial charge in [0.15, 0.2) is 0 Å². The first kappa shape index (κ1) is 15.8. The zero-order valence-corrected chi connectivity index (χ0v) is 8.91. The van der Waals surface area contributed by atoms with Crippen molar-refractivity contribution in [1.82, 2.24) is 10.4 Å².